The highest BCUT2D eigenvalue weighted by Gasteiger charge is 2.07. The Bertz CT molecular complexity index is 683. The fourth-order valence-corrected chi connectivity index (χ4v) is 2.18. The van der Waals surface area contributed by atoms with Gasteiger partial charge in [0.1, 0.15) is 0 Å². The molecule has 0 bridgehead atoms. The molecule has 0 saturated carbocycles. The summed E-state index contributed by atoms with van der Waals surface area (Å²) in [5.74, 6) is -0.179. The maximum Gasteiger partial charge on any atom is 0.316 e. The average Bonchev–Trinajstić information content (AvgIpc) is 2.48. The predicted molar refractivity (Wildman–Crippen MR) is 86.9 cm³/mol. The third-order valence-corrected chi connectivity index (χ3v) is 3.33. The number of anilines is 1. The van der Waals surface area contributed by atoms with Crippen LogP contribution in [0.4, 0.5) is 10.5 Å². The van der Waals surface area contributed by atoms with E-state index in [2.05, 4.69) is 29.7 Å². The number of benzene rings is 2. The van der Waals surface area contributed by atoms with Crippen LogP contribution >= 0.6 is 0 Å². The summed E-state index contributed by atoms with van der Waals surface area (Å²) in [6.07, 6.45) is 0.775. The van der Waals surface area contributed by atoms with Gasteiger partial charge in [0.05, 0.1) is 0 Å². The van der Waals surface area contributed by atoms with E-state index in [1.54, 1.807) is 24.3 Å². The molecule has 0 radical (unpaired) electrons. The number of nitrogens with two attached hydrogens (primary N) is 1. The largest absolute Gasteiger partial charge is 0.352 e. The second-order valence-corrected chi connectivity index (χ2v) is 5.00. The van der Waals surface area contributed by atoms with Gasteiger partial charge in [0.25, 0.3) is 5.91 Å². The van der Waals surface area contributed by atoms with Gasteiger partial charge in [0, 0.05) is 17.8 Å². The van der Waals surface area contributed by atoms with Crippen LogP contribution in [0, 0.1) is 6.92 Å². The zero-order valence-electron chi connectivity index (χ0n) is 12.4. The van der Waals surface area contributed by atoms with Crippen molar-refractivity contribution >= 4 is 17.6 Å². The molecule has 2 rings (SSSR count). The zero-order valence-corrected chi connectivity index (χ0v) is 12.4. The summed E-state index contributed by atoms with van der Waals surface area (Å²) in [4.78, 5) is 22.9. The lowest BCUT2D eigenvalue weighted by molar-refractivity contribution is 0.0954. The highest BCUT2D eigenvalue weighted by Crippen LogP contribution is 2.11. The second kappa shape index (κ2) is 7.26. The molecule has 4 N–H and O–H groups in total. The van der Waals surface area contributed by atoms with E-state index < -0.39 is 6.03 Å². The van der Waals surface area contributed by atoms with Crippen molar-refractivity contribution in [3.8, 4) is 0 Å². The van der Waals surface area contributed by atoms with E-state index in [4.69, 9.17) is 5.73 Å². The summed E-state index contributed by atoms with van der Waals surface area (Å²) in [7, 11) is 0. The molecular formula is C17H19N3O2. The monoisotopic (exact) mass is 297 g/mol. The van der Waals surface area contributed by atoms with Crippen LogP contribution in [0.25, 0.3) is 0 Å². The number of nitrogens with one attached hydrogen (secondary N) is 2. The van der Waals surface area contributed by atoms with Crippen molar-refractivity contribution in [2.45, 2.75) is 13.3 Å². The Morgan fingerprint density at radius 1 is 1.09 bits per heavy atom. The van der Waals surface area contributed by atoms with Crippen molar-refractivity contribution in [2.75, 3.05) is 11.9 Å². The molecule has 5 nitrogen and oxygen atoms in total. The van der Waals surface area contributed by atoms with Crippen molar-refractivity contribution in [1.82, 2.24) is 5.32 Å². The van der Waals surface area contributed by atoms with Crippen LogP contribution in [0.3, 0.4) is 0 Å². The molecule has 22 heavy (non-hydrogen) atoms. The SMILES string of the molecule is Cc1ccccc1CCNC(=O)c1cccc(NC(N)=O)c1. The lowest BCUT2D eigenvalue weighted by atomic mass is 10.1. The molecule has 0 fully saturated rings. The van der Waals surface area contributed by atoms with Gasteiger partial charge in [-0.05, 0) is 42.7 Å². The minimum atomic E-state index is -0.655. The Balaban J connectivity index is 1.92. The van der Waals surface area contributed by atoms with Crippen LogP contribution in [-0.4, -0.2) is 18.5 Å². The molecule has 0 spiro atoms. The first-order valence-corrected chi connectivity index (χ1v) is 7.05. The molecule has 0 heterocycles. The first-order valence-electron chi connectivity index (χ1n) is 7.05. The van der Waals surface area contributed by atoms with Crippen molar-refractivity contribution in [1.29, 1.82) is 0 Å². The topological polar surface area (TPSA) is 84.2 Å². The molecule has 0 aliphatic carbocycles. The maximum absolute atomic E-state index is 12.1. The molecule has 3 amide bonds. The van der Waals surface area contributed by atoms with Gasteiger partial charge in [0.2, 0.25) is 0 Å². The number of rotatable bonds is 5. The molecule has 5 heteroatoms. The van der Waals surface area contributed by atoms with E-state index in [0.717, 1.165) is 6.42 Å². The quantitative estimate of drug-likeness (QED) is 0.792. The summed E-state index contributed by atoms with van der Waals surface area (Å²) in [5.41, 5.74) is 8.47. The molecule has 2 aromatic rings. The van der Waals surface area contributed by atoms with Gasteiger partial charge in [-0.25, -0.2) is 4.79 Å². The van der Waals surface area contributed by atoms with Gasteiger partial charge in [-0.3, -0.25) is 4.79 Å². The van der Waals surface area contributed by atoms with Gasteiger partial charge in [-0.15, -0.1) is 0 Å². The highest BCUT2D eigenvalue weighted by atomic mass is 16.2. The number of carbonyl (C=O) groups is 2. The normalized spacial score (nSPS) is 10.0. The Morgan fingerprint density at radius 3 is 2.59 bits per heavy atom. The summed E-state index contributed by atoms with van der Waals surface area (Å²) in [6.45, 7) is 2.60. The Labute approximate surface area is 129 Å². The lowest BCUT2D eigenvalue weighted by Crippen LogP contribution is -2.26. The number of hydrogen-bond acceptors (Lipinski definition) is 2. The average molecular weight is 297 g/mol. The third-order valence-electron chi connectivity index (χ3n) is 3.33. The van der Waals surface area contributed by atoms with E-state index >= 15 is 0 Å². The highest BCUT2D eigenvalue weighted by molar-refractivity contribution is 5.96. The van der Waals surface area contributed by atoms with Crippen LogP contribution in [-0.2, 0) is 6.42 Å². The van der Waals surface area contributed by atoms with Crippen molar-refractivity contribution in [2.24, 2.45) is 5.73 Å². The smallest absolute Gasteiger partial charge is 0.316 e. The standard InChI is InChI=1S/C17H19N3O2/c1-12-5-2-3-6-13(12)9-10-19-16(21)14-7-4-8-15(11-14)20-17(18)22/h2-8,11H,9-10H2,1H3,(H,19,21)(H3,18,20,22). The molecule has 114 valence electrons. The van der Waals surface area contributed by atoms with E-state index in [9.17, 15) is 9.59 Å². The Morgan fingerprint density at radius 2 is 1.86 bits per heavy atom. The summed E-state index contributed by atoms with van der Waals surface area (Å²) < 4.78 is 0. The summed E-state index contributed by atoms with van der Waals surface area (Å²) in [6, 6.07) is 14.1. The molecule has 2 aromatic carbocycles. The van der Waals surface area contributed by atoms with E-state index in [-0.39, 0.29) is 5.91 Å². The van der Waals surface area contributed by atoms with E-state index in [0.29, 0.717) is 17.8 Å². The predicted octanol–water partition coefficient (Wildman–Crippen LogP) is 2.46. The third kappa shape index (κ3) is 4.34. The van der Waals surface area contributed by atoms with Gasteiger partial charge in [-0.2, -0.15) is 0 Å². The minimum absolute atomic E-state index is 0.179. The van der Waals surface area contributed by atoms with Gasteiger partial charge < -0.3 is 16.4 Å². The minimum Gasteiger partial charge on any atom is -0.352 e. The van der Waals surface area contributed by atoms with Gasteiger partial charge in [0.15, 0.2) is 0 Å². The number of urea groups is 1. The fraction of sp³-hybridized carbons (Fsp3) is 0.176. The number of hydrogen-bond donors (Lipinski definition) is 3. The van der Waals surface area contributed by atoms with Crippen LogP contribution in [0.15, 0.2) is 48.5 Å². The first-order chi connectivity index (χ1) is 10.6. The second-order valence-electron chi connectivity index (χ2n) is 5.00. The Kier molecular flexibility index (Phi) is 5.14. The van der Waals surface area contributed by atoms with Crippen LogP contribution in [0.2, 0.25) is 0 Å². The number of primary amides is 1. The lowest BCUT2D eigenvalue weighted by Gasteiger charge is -2.08. The zero-order chi connectivity index (χ0) is 15.9. The molecule has 0 saturated heterocycles. The first kappa shape index (κ1) is 15.6. The van der Waals surface area contributed by atoms with Gasteiger partial charge >= 0.3 is 6.03 Å². The van der Waals surface area contributed by atoms with Crippen LogP contribution in [0.5, 0.6) is 0 Å². The van der Waals surface area contributed by atoms with E-state index in [1.165, 1.54) is 11.1 Å². The van der Waals surface area contributed by atoms with Crippen LogP contribution < -0.4 is 16.4 Å². The van der Waals surface area contributed by atoms with E-state index in [1.807, 2.05) is 12.1 Å². The summed E-state index contributed by atoms with van der Waals surface area (Å²) >= 11 is 0. The Hall–Kier alpha value is -2.82. The van der Waals surface area contributed by atoms with Gasteiger partial charge in [-0.1, -0.05) is 30.3 Å². The molecule has 0 aromatic heterocycles. The number of carbonyl (C=O) groups excluding carboxylic acids is 2. The maximum atomic E-state index is 12.1. The molecule has 0 aliphatic heterocycles. The molecule has 0 aliphatic rings. The molecule has 0 unspecified atom stereocenters. The molecular weight excluding hydrogens is 278 g/mol. The fourth-order valence-electron chi connectivity index (χ4n) is 2.18. The number of amides is 3. The van der Waals surface area contributed by atoms with Crippen molar-refractivity contribution in [3.63, 3.8) is 0 Å². The number of aryl methyl sites for hydroxylation is 1. The van der Waals surface area contributed by atoms with Crippen molar-refractivity contribution in [3.05, 3.63) is 65.2 Å². The van der Waals surface area contributed by atoms with Crippen molar-refractivity contribution < 1.29 is 9.59 Å². The van der Waals surface area contributed by atoms with Crippen LogP contribution in [0.1, 0.15) is 21.5 Å². The summed E-state index contributed by atoms with van der Waals surface area (Å²) in [5, 5.41) is 5.32. The molecule has 0 atom stereocenters.